The maximum absolute atomic E-state index is 4.30. The molecule has 7 nitrogen and oxygen atoms in total. The summed E-state index contributed by atoms with van der Waals surface area (Å²) in [6.45, 7) is 6.38. The minimum atomic E-state index is 0. The van der Waals surface area contributed by atoms with E-state index in [9.17, 15) is 0 Å². The first-order valence-electron chi connectivity index (χ1n) is 9.10. The molecule has 0 amide bonds. The standard InChI is InChI=1S/C19H27N7.HI/c1-3-18-24-23-15-26(18)12-9-21-19(20-2)22-14-16-7-6-8-17(13-16)25-10-4-5-11-25;/h4-8,13,15H,3,9-12,14H2,1-2H3,(H2,20,21,22);1H. The Balaban J connectivity index is 0.00000261. The van der Waals surface area contributed by atoms with E-state index in [2.05, 4.69) is 78.6 Å². The van der Waals surface area contributed by atoms with Crippen LogP contribution in [0.25, 0.3) is 0 Å². The van der Waals surface area contributed by atoms with E-state index in [1.807, 2.05) is 0 Å². The number of aryl methyl sites for hydroxylation is 1. The number of hydrogen-bond acceptors (Lipinski definition) is 4. The largest absolute Gasteiger partial charge is 0.364 e. The number of aliphatic imine (C=N–C) groups is 1. The van der Waals surface area contributed by atoms with Crippen LogP contribution in [0.4, 0.5) is 5.69 Å². The molecule has 0 saturated carbocycles. The van der Waals surface area contributed by atoms with Gasteiger partial charge in [0, 0.05) is 51.9 Å². The van der Waals surface area contributed by atoms with Crippen molar-refractivity contribution in [3.63, 3.8) is 0 Å². The molecule has 1 aromatic carbocycles. The quantitative estimate of drug-likeness (QED) is 0.275. The molecule has 2 N–H and O–H groups in total. The summed E-state index contributed by atoms with van der Waals surface area (Å²) in [6.07, 6.45) is 7.07. The van der Waals surface area contributed by atoms with Gasteiger partial charge in [0.05, 0.1) is 0 Å². The molecule has 0 saturated heterocycles. The zero-order valence-corrected chi connectivity index (χ0v) is 18.3. The van der Waals surface area contributed by atoms with Crippen molar-refractivity contribution in [3.05, 3.63) is 54.1 Å². The van der Waals surface area contributed by atoms with Gasteiger partial charge in [-0.15, -0.1) is 34.2 Å². The molecule has 0 bridgehead atoms. The van der Waals surface area contributed by atoms with Crippen LogP contribution in [0.15, 0.2) is 47.7 Å². The minimum absolute atomic E-state index is 0. The highest BCUT2D eigenvalue weighted by Gasteiger charge is 2.08. The lowest BCUT2D eigenvalue weighted by Crippen LogP contribution is -2.38. The summed E-state index contributed by atoms with van der Waals surface area (Å²) in [5.41, 5.74) is 2.50. The van der Waals surface area contributed by atoms with E-state index >= 15 is 0 Å². The Kier molecular flexibility index (Phi) is 8.56. The third-order valence-electron chi connectivity index (χ3n) is 4.43. The first-order valence-corrected chi connectivity index (χ1v) is 9.10. The number of benzene rings is 1. The fourth-order valence-electron chi connectivity index (χ4n) is 2.99. The first-order chi connectivity index (χ1) is 12.8. The molecule has 0 atom stereocenters. The fraction of sp³-hybridized carbons (Fsp3) is 0.421. The average molecular weight is 481 g/mol. The van der Waals surface area contributed by atoms with Gasteiger partial charge in [0.15, 0.2) is 5.96 Å². The number of guanidine groups is 1. The molecule has 2 aromatic rings. The molecule has 0 aliphatic carbocycles. The summed E-state index contributed by atoms with van der Waals surface area (Å²) < 4.78 is 2.06. The molecule has 3 rings (SSSR count). The highest BCUT2D eigenvalue weighted by molar-refractivity contribution is 14.0. The van der Waals surface area contributed by atoms with Crippen molar-refractivity contribution in [2.45, 2.75) is 26.4 Å². The summed E-state index contributed by atoms with van der Waals surface area (Å²) in [6, 6.07) is 8.64. The molecule has 0 unspecified atom stereocenters. The van der Waals surface area contributed by atoms with E-state index in [4.69, 9.17) is 0 Å². The number of nitrogens with one attached hydrogen (secondary N) is 2. The highest BCUT2D eigenvalue weighted by Crippen LogP contribution is 2.18. The zero-order valence-electron chi connectivity index (χ0n) is 15.9. The summed E-state index contributed by atoms with van der Waals surface area (Å²) in [5.74, 6) is 1.80. The minimum Gasteiger partial charge on any atom is -0.364 e. The van der Waals surface area contributed by atoms with Crippen LogP contribution in [-0.2, 0) is 19.5 Å². The van der Waals surface area contributed by atoms with Gasteiger partial charge in [-0.05, 0) is 17.7 Å². The van der Waals surface area contributed by atoms with Gasteiger partial charge in [0.2, 0.25) is 0 Å². The van der Waals surface area contributed by atoms with Crippen molar-refractivity contribution in [2.24, 2.45) is 4.99 Å². The molecule has 0 spiro atoms. The maximum atomic E-state index is 4.30. The highest BCUT2D eigenvalue weighted by atomic mass is 127. The van der Waals surface area contributed by atoms with Gasteiger partial charge >= 0.3 is 0 Å². The van der Waals surface area contributed by atoms with Gasteiger partial charge < -0.3 is 20.1 Å². The SMILES string of the molecule is CCc1nncn1CCNC(=NC)NCc1cccc(N2CC=CC2)c1.I. The van der Waals surface area contributed by atoms with Crippen molar-refractivity contribution in [2.75, 3.05) is 31.6 Å². The Morgan fingerprint density at radius 3 is 2.78 bits per heavy atom. The molecule has 1 aliphatic rings. The molecule has 0 fully saturated rings. The number of rotatable bonds is 7. The number of nitrogens with zero attached hydrogens (tertiary/aromatic N) is 5. The zero-order chi connectivity index (χ0) is 18.2. The predicted molar refractivity (Wildman–Crippen MR) is 121 cm³/mol. The molecule has 2 heterocycles. The normalized spacial score (nSPS) is 13.6. The van der Waals surface area contributed by atoms with Gasteiger partial charge in [-0.3, -0.25) is 4.99 Å². The fourth-order valence-corrected chi connectivity index (χ4v) is 2.99. The number of halogens is 1. The lowest BCUT2D eigenvalue weighted by Gasteiger charge is -2.19. The van der Waals surface area contributed by atoms with E-state index in [0.717, 1.165) is 50.9 Å². The molecule has 0 radical (unpaired) electrons. The van der Waals surface area contributed by atoms with Gasteiger partial charge in [0.1, 0.15) is 12.2 Å². The number of aromatic nitrogens is 3. The second-order valence-corrected chi connectivity index (χ2v) is 6.19. The topological polar surface area (TPSA) is 70.4 Å². The Morgan fingerprint density at radius 2 is 2.04 bits per heavy atom. The van der Waals surface area contributed by atoms with Crippen LogP contribution in [-0.4, -0.2) is 47.4 Å². The van der Waals surface area contributed by atoms with E-state index in [-0.39, 0.29) is 24.0 Å². The summed E-state index contributed by atoms with van der Waals surface area (Å²) in [7, 11) is 1.79. The van der Waals surface area contributed by atoms with Crippen LogP contribution >= 0.6 is 24.0 Å². The number of anilines is 1. The Bertz CT molecular complexity index is 761. The van der Waals surface area contributed by atoms with Crippen molar-refractivity contribution < 1.29 is 0 Å². The van der Waals surface area contributed by atoms with Gasteiger partial charge in [-0.1, -0.05) is 31.2 Å². The lowest BCUT2D eigenvalue weighted by atomic mass is 10.2. The van der Waals surface area contributed by atoms with Crippen molar-refractivity contribution >= 4 is 35.6 Å². The molecule has 1 aromatic heterocycles. The first kappa shape index (κ1) is 21.2. The molecule has 1 aliphatic heterocycles. The third-order valence-corrected chi connectivity index (χ3v) is 4.43. The second-order valence-electron chi connectivity index (χ2n) is 6.19. The van der Waals surface area contributed by atoms with Crippen LogP contribution in [0, 0.1) is 0 Å². The Morgan fingerprint density at radius 1 is 1.22 bits per heavy atom. The van der Waals surface area contributed by atoms with Gasteiger partial charge in [-0.25, -0.2) is 0 Å². The second kappa shape index (κ2) is 10.9. The molecule has 8 heteroatoms. The van der Waals surface area contributed by atoms with Crippen LogP contribution < -0.4 is 15.5 Å². The molecule has 27 heavy (non-hydrogen) atoms. The smallest absolute Gasteiger partial charge is 0.191 e. The van der Waals surface area contributed by atoms with E-state index in [1.54, 1.807) is 13.4 Å². The van der Waals surface area contributed by atoms with Crippen LogP contribution in [0.3, 0.4) is 0 Å². The Labute approximate surface area is 178 Å². The summed E-state index contributed by atoms with van der Waals surface area (Å²) in [5, 5.41) is 14.8. The monoisotopic (exact) mass is 481 g/mol. The van der Waals surface area contributed by atoms with Crippen molar-refractivity contribution in [3.8, 4) is 0 Å². The van der Waals surface area contributed by atoms with E-state index < -0.39 is 0 Å². The lowest BCUT2D eigenvalue weighted by molar-refractivity contribution is 0.632. The number of hydrogen-bond donors (Lipinski definition) is 2. The van der Waals surface area contributed by atoms with Crippen LogP contribution in [0.1, 0.15) is 18.3 Å². The molecular weight excluding hydrogens is 453 g/mol. The maximum Gasteiger partial charge on any atom is 0.191 e. The Hall–Kier alpha value is -2.10. The van der Waals surface area contributed by atoms with Crippen LogP contribution in [0.2, 0.25) is 0 Å². The summed E-state index contributed by atoms with van der Waals surface area (Å²) in [4.78, 5) is 6.65. The summed E-state index contributed by atoms with van der Waals surface area (Å²) >= 11 is 0. The predicted octanol–water partition coefficient (Wildman–Crippen LogP) is 2.20. The van der Waals surface area contributed by atoms with Crippen molar-refractivity contribution in [1.29, 1.82) is 0 Å². The van der Waals surface area contributed by atoms with Crippen molar-refractivity contribution in [1.82, 2.24) is 25.4 Å². The molecular formula is C19H28IN7. The van der Waals surface area contributed by atoms with E-state index in [0.29, 0.717) is 0 Å². The molecule has 146 valence electrons. The van der Waals surface area contributed by atoms with Gasteiger partial charge in [0.25, 0.3) is 0 Å². The van der Waals surface area contributed by atoms with Crippen LogP contribution in [0.5, 0.6) is 0 Å². The third kappa shape index (κ3) is 5.95. The van der Waals surface area contributed by atoms with E-state index in [1.165, 1.54) is 11.3 Å². The van der Waals surface area contributed by atoms with Gasteiger partial charge in [-0.2, -0.15) is 0 Å². The average Bonchev–Trinajstić information content (AvgIpc) is 3.36.